The van der Waals surface area contributed by atoms with Gasteiger partial charge in [0.25, 0.3) is 17.7 Å². The number of amides is 3. The predicted molar refractivity (Wildman–Crippen MR) is 157 cm³/mol. The van der Waals surface area contributed by atoms with Gasteiger partial charge in [-0.25, -0.2) is 4.90 Å². The maximum atomic E-state index is 13.4. The summed E-state index contributed by atoms with van der Waals surface area (Å²) >= 11 is 6.33. The summed E-state index contributed by atoms with van der Waals surface area (Å²) in [5.41, 5.74) is 3.01. The molecule has 0 unspecified atom stereocenters. The van der Waals surface area contributed by atoms with Crippen LogP contribution in [0.2, 0.25) is 0 Å². The first kappa shape index (κ1) is 26.7. The highest BCUT2D eigenvalue weighted by Crippen LogP contribution is 2.32. The Morgan fingerprint density at radius 3 is 2.25 bits per heavy atom. The highest BCUT2D eigenvalue weighted by molar-refractivity contribution is 6.53. The lowest BCUT2D eigenvalue weighted by Gasteiger charge is -2.22. The number of nitrogens with one attached hydrogen (secondary N) is 1. The minimum atomic E-state index is -0.644. The average Bonchev–Trinajstić information content (AvgIpc) is 3.17. The molecule has 0 saturated carbocycles. The summed E-state index contributed by atoms with van der Waals surface area (Å²) in [6.45, 7) is 4.36. The smallest absolute Gasteiger partial charge is 0.283 e. The molecule has 0 aliphatic carbocycles. The molecule has 1 aliphatic rings. The molecule has 4 aromatic rings. The SMILES string of the molecule is CCN(C(=O)c1cccc(NC2=C(Cl)C(=O)N(c3ccc(Oc4ccccc4)cc3)C2=O)c1)c1cccc(C)c1. The molecule has 0 saturated heterocycles. The number of carbonyl (C=O) groups is 3. The van der Waals surface area contributed by atoms with E-state index in [9.17, 15) is 14.4 Å². The lowest BCUT2D eigenvalue weighted by molar-refractivity contribution is -0.120. The molecule has 40 heavy (non-hydrogen) atoms. The van der Waals surface area contributed by atoms with Crippen molar-refractivity contribution in [2.75, 3.05) is 21.7 Å². The molecule has 8 heteroatoms. The number of carbonyl (C=O) groups excluding carboxylic acids is 3. The number of imide groups is 1. The number of rotatable bonds is 8. The first-order valence-electron chi connectivity index (χ1n) is 12.7. The molecule has 1 heterocycles. The summed E-state index contributed by atoms with van der Waals surface area (Å²) < 4.78 is 5.79. The van der Waals surface area contributed by atoms with Gasteiger partial charge in [-0.15, -0.1) is 0 Å². The second-order valence-electron chi connectivity index (χ2n) is 9.14. The fourth-order valence-electron chi connectivity index (χ4n) is 4.40. The van der Waals surface area contributed by atoms with Gasteiger partial charge in [-0.1, -0.05) is 48.0 Å². The Hall–Kier alpha value is -4.88. The highest BCUT2D eigenvalue weighted by Gasteiger charge is 2.39. The van der Waals surface area contributed by atoms with Crippen molar-refractivity contribution >= 4 is 46.4 Å². The van der Waals surface area contributed by atoms with Crippen molar-refractivity contribution in [1.29, 1.82) is 0 Å². The number of hydrogen-bond donors (Lipinski definition) is 1. The summed E-state index contributed by atoms with van der Waals surface area (Å²) in [6, 6.07) is 30.3. The van der Waals surface area contributed by atoms with Crippen molar-refractivity contribution < 1.29 is 19.1 Å². The molecule has 4 aromatic carbocycles. The Kier molecular flexibility index (Phi) is 7.66. The fraction of sp³-hybridized carbons (Fsp3) is 0.0938. The van der Waals surface area contributed by atoms with Crippen LogP contribution >= 0.6 is 11.6 Å². The molecule has 5 rings (SSSR count). The molecule has 3 amide bonds. The molecule has 1 N–H and O–H groups in total. The highest BCUT2D eigenvalue weighted by atomic mass is 35.5. The van der Waals surface area contributed by atoms with E-state index in [4.69, 9.17) is 16.3 Å². The number of hydrogen-bond acceptors (Lipinski definition) is 5. The van der Waals surface area contributed by atoms with Crippen LogP contribution in [0.1, 0.15) is 22.8 Å². The van der Waals surface area contributed by atoms with Crippen LogP contribution in [0.3, 0.4) is 0 Å². The molecule has 0 radical (unpaired) electrons. The zero-order valence-electron chi connectivity index (χ0n) is 21.9. The van der Waals surface area contributed by atoms with Gasteiger partial charge in [-0.3, -0.25) is 14.4 Å². The van der Waals surface area contributed by atoms with E-state index in [0.717, 1.165) is 16.2 Å². The maximum absolute atomic E-state index is 13.4. The summed E-state index contributed by atoms with van der Waals surface area (Å²) in [5.74, 6) is -0.209. The zero-order valence-corrected chi connectivity index (χ0v) is 22.7. The van der Waals surface area contributed by atoms with Crippen LogP contribution in [0.5, 0.6) is 11.5 Å². The summed E-state index contributed by atoms with van der Waals surface area (Å²) in [5, 5.41) is 2.72. The molecule has 1 aliphatic heterocycles. The van der Waals surface area contributed by atoms with Gasteiger partial charge >= 0.3 is 0 Å². The number of para-hydroxylation sites is 1. The lowest BCUT2D eigenvalue weighted by Crippen LogP contribution is -2.32. The van der Waals surface area contributed by atoms with Gasteiger partial charge in [-0.2, -0.15) is 0 Å². The zero-order chi connectivity index (χ0) is 28.2. The van der Waals surface area contributed by atoms with Crippen molar-refractivity contribution in [3.05, 3.63) is 125 Å². The van der Waals surface area contributed by atoms with Crippen LogP contribution in [-0.2, 0) is 9.59 Å². The number of halogens is 1. The topological polar surface area (TPSA) is 79.0 Å². The summed E-state index contributed by atoms with van der Waals surface area (Å²) in [6.07, 6.45) is 0. The molecule has 0 spiro atoms. The second-order valence-corrected chi connectivity index (χ2v) is 9.52. The average molecular weight is 552 g/mol. The fourth-order valence-corrected chi connectivity index (χ4v) is 4.62. The quantitative estimate of drug-likeness (QED) is 0.241. The molecular weight excluding hydrogens is 526 g/mol. The van der Waals surface area contributed by atoms with Crippen molar-refractivity contribution in [1.82, 2.24) is 0 Å². The third-order valence-electron chi connectivity index (χ3n) is 6.35. The van der Waals surface area contributed by atoms with Gasteiger partial charge in [0, 0.05) is 23.5 Å². The monoisotopic (exact) mass is 551 g/mol. The Balaban J connectivity index is 1.33. The molecule has 7 nitrogen and oxygen atoms in total. The van der Waals surface area contributed by atoms with Gasteiger partial charge in [0.2, 0.25) is 0 Å². The van der Waals surface area contributed by atoms with Crippen molar-refractivity contribution in [2.45, 2.75) is 13.8 Å². The van der Waals surface area contributed by atoms with E-state index in [0.29, 0.717) is 35.0 Å². The first-order chi connectivity index (χ1) is 19.4. The predicted octanol–water partition coefficient (Wildman–Crippen LogP) is 6.89. The van der Waals surface area contributed by atoms with Crippen molar-refractivity contribution in [2.24, 2.45) is 0 Å². The van der Waals surface area contributed by atoms with E-state index in [-0.39, 0.29) is 16.6 Å². The minimum absolute atomic E-state index is 0.0630. The second kappa shape index (κ2) is 11.5. The van der Waals surface area contributed by atoms with Crippen LogP contribution in [0, 0.1) is 6.92 Å². The van der Waals surface area contributed by atoms with E-state index in [1.54, 1.807) is 53.4 Å². The van der Waals surface area contributed by atoms with Gasteiger partial charge in [0.1, 0.15) is 22.2 Å². The third kappa shape index (κ3) is 5.46. The van der Waals surface area contributed by atoms with Gasteiger partial charge < -0.3 is 15.0 Å². The summed E-state index contributed by atoms with van der Waals surface area (Å²) in [7, 11) is 0. The molecule has 200 valence electrons. The van der Waals surface area contributed by atoms with E-state index in [2.05, 4.69) is 5.32 Å². The first-order valence-corrected chi connectivity index (χ1v) is 13.1. The van der Waals surface area contributed by atoms with Gasteiger partial charge in [-0.05, 0) is 86.1 Å². The van der Waals surface area contributed by atoms with Crippen LogP contribution in [-0.4, -0.2) is 24.3 Å². The summed E-state index contributed by atoms with van der Waals surface area (Å²) in [4.78, 5) is 42.3. The van der Waals surface area contributed by atoms with Crippen LogP contribution in [0.25, 0.3) is 0 Å². The normalized spacial score (nSPS) is 13.0. The third-order valence-corrected chi connectivity index (χ3v) is 6.71. The van der Waals surface area contributed by atoms with E-state index >= 15 is 0 Å². The lowest BCUT2D eigenvalue weighted by atomic mass is 10.1. The largest absolute Gasteiger partial charge is 0.457 e. The number of aryl methyl sites for hydroxylation is 1. The molecule has 0 aromatic heterocycles. The maximum Gasteiger partial charge on any atom is 0.283 e. The van der Waals surface area contributed by atoms with Crippen molar-refractivity contribution in [3.8, 4) is 11.5 Å². The standard InChI is InChI=1S/C32H26ClN3O4/c1-3-35(25-12-7-9-21(2)19-25)30(37)22-10-8-11-23(20-22)34-29-28(33)31(38)36(32(29)39)24-15-17-27(18-16-24)40-26-13-5-4-6-14-26/h4-20,34H,3H2,1-2H3. The van der Waals surface area contributed by atoms with Crippen molar-refractivity contribution in [3.63, 3.8) is 0 Å². The van der Waals surface area contributed by atoms with Crippen LogP contribution in [0.4, 0.5) is 17.1 Å². The van der Waals surface area contributed by atoms with Crippen LogP contribution < -0.4 is 19.9 Å². The van der Waals surface area contributed by atoms with Gasteiger partial charge in [0.15, 0.2) is 0 Å². The van der Waals surface area contributed by atoms with E-state index < -0.39 is 11.8 Å². The molecule has 0 bridgehead atoms. The molecule has 0 atom stereocenters. The van der Waals surface area contributed by atoms with Gasteiger partial charge in [0.05, 0.1) is 5.69 Å². The van der Waals surface area contributed by atoms with E-state index in [1.165, 1.54) is 0 Å². The number of nitrogens with zero attached hydrogens (tertiary/aromatic N) is 2. The van der Waals surface area contributed by atoms with Crippen LogP contribution in [0.15, 0.2) is 114 Å². The minimum Gasteiger partial charge on any atom is -0.457 e. The Labute approximate surface area is 237 Å². The molecular formula is C32H26ClN3O4. The Bertz CT molecular complexity index is 1620. The number of ether oxygens (including phenoxy) is 1. The number of anilines is 3. The van der Waals surface area contributed by atoms with E-state index in [1.807, 2.05) is 68.4 Å². The Morgan fingerprint density at radius 2 is 1.55 bits per heavy atom. The molecule has 0 fully saturated rings. The number of benzene rings is 4. The Morgan fingerprint density at radius 1 is 0.850 bits per heavy atom.